The Hall–Kier alpha value is -1.26. The van der Waals surface area contributed by atoms with Crippen molar-refractivity contribution in [2.24, 2.45) is 10.8 Å². The molecule has 2 unspecified atom stereocenters. The van der Waals surface area contributed by atoms with Crippen molar-refractivity contribution >= 4 is 11.4 Å². The van der Waals surface area contributed by atoms with Gasteiger partial charge in [-0.3, -0.25) is 0 Å². The molecule has 1 aromatic carbocycles. The van der Waals surface area contributed by atoms with E-state index in [2.05, 4.69) is 39.9 Å². The second kappa shape index (κ2) is 9.28. The lowest BCUT2D eigenvalue weighted by molar-refractivity contribution is -0.0144. The van der Waals surface area contributed by atoms with E-state index in [1.54, 1.807) is 0 Å². The lowest BCUT2D eigenvalue weighted by Gasteiger charge is -2.36. The molecule has 0 aliphatic carbocycles. The maximum absolute atomic E-state index is 10.1. The summed E-state index contributed by atoms with van der Waals surface area (Å²) in [5, 5.41) is 13.3. The van der Waals surface area contributed by atoms with Gasteiger partial charge < -0.3 is 20.9 Å². The summed E-state index contributed by atoms with van der Waals surface area (Å²) >= 11 is 0. The van der Waals surface area contributed by atoms with Crippen LogP contribution < -0.4 is 11.1 Å². The van der Waals surface area contributed by atoms with E-state index in [0.717, 1.165) is 24.9 Å². The summed E-state index contributed by atoms with van der Waals surface area (Å²) in [5.74, 6) is 0. The van der Waals surface area contributed by atoms with Crippen LogP contribution in [-0.4, -0.2) is 31.0 Å². The quantitative estimate of drug-likeness (QED) is 0.527. The number of aliphatic hydroxyl groups excluding tert-OH is 1. The topological polar surface area (TPSA) is 67.5 Å². The van der Waals surface area contributed by atoms with Crippen LogP contribution in [0, 0.1) is 10.8 Å². The highest BCUT2D eigenvalue weighted by Gasteiger charge is 2.30. The number of rotatable bonds is 11. The van der Waals surface area contributed by atoms with Crippen LogP contribution in [0.4, 0.5) is 11.4 Å². The Bertz CT molecular complexity index is 490. The lowest BCUT2D eigenvalue weighted by atomic mass is 9.72. The van der Waals surface area contributed by atoms with E-state index in [9.17, 15) is 5.11 Å². The van der Waals surface area contributed by atoms with Gasteiger partial charge in [-0.2, -0.15) is 0 Å². The Labute approximate surface area is 147 Å². The SMILES string of the molecule is CCC(C)(C)CC(C)(CC)COCC(O)CNc1cccc(N)c1. The Morgan fingerprint density at radius 1 is 1.21 bits per heavy atom. The monoisotopic (exact) mass is 336 g/mol. The second-order valence-corrected chi connectivity index (χ2v) is 8.03. The number of benzene rings is 1. The molecule has 24 heavy (non-hydrogen) atoms. The second-order valence-electron chi connectivity index (χ2n) is 8.03. The van der Waals surface area contributed by atoms with Gasteiger partial charge in [-0.15, -0.1) is 0 Å². The zero-order valence-electron chi connectivity index (χ0n) is 16.1. The predicted molar refractivity (Wildman–Crippen MR) is 103 cm³/mol. The zero-order valence-corrected chi connectivity index (χ0v) is 16.1. The highest BCUT2D eigenvalue weighted by atomic mass is 16.5. The van der Waals surface area contributed by atoms with Crippen LogP contribution in [0.2, 0.25) is 0 Å². The minimum Gasteiger partial charge on any atom is -0.399 e. The molecule has 1 aromatic rings. The lowest BCUT2D eigenvalue weighted by Crippen LogP contribution is -2.32. The van der Waals surface area contributed by atoms with Crippen LogP contribution in [0.5, 0.6) is 0 Å². The molecule has 0 aliphatic heterocycles. The number of aliphatic hydroxyl groups is 1. The van der Waals surface area contributed by atoms with E-state index in [4.69, 9.17) is 10.5 Å². The van der Waals surface area contributed by atoms with Crippen LogP contribution >= 0.6 is 0 Å². The van der Waals surface area contributed by atoms with Gasteiger partial charge in [0.25, 0.3) is 0 Å². The largest absolute Gasteiger partial charge is 0.399 e. The third-order valence-corrected chi connectivity index (χ3v) is 4.91. The molecular formula is C20H36N2O2. The molecule has 4 nitrogen and oxygen atoms in total. The van der Waals surface area contributed by atoms with E-state index in [-0.39, 0.29) is 5.41 Å². The Morgan fingerprint density at radius 2 is 1.92 bits per heavy atom. The number of hydrogen-bond donors (Lipinski definition) is 3. The molecule has 0 aromatic heterocycles. The van der Waals surface area contributed by atoms with Crippen molar-refractivity contribution in [1.29, 1.82) is 0 Å². The summed E-state index contributed by atoms with van der Waals surface area (Å²) in [6, 6.07) is 7.52. The van der Waals surface area contributed by atoms with Crippen molar-refractivity contribution in [3.8, 4) is 0 Å². The summed E-state index contributed by atoms with van der Waals surface area (Å²) in [7, 11) is 0. The molecule has 0 aliphatic rings. The molecule has 138 valence electrons. The van der Waals surface area contributed by atoms with E-state index in [1.165, 1.54) is 0 Å². The molecule has 0 fully saturated rings. The number of anilines is 2. The summed E-state index contributed by atoms with van der Waals surface area (Å²) in [5.41, 5.74) is 7.84. The van der Waals surface area contributed by atoms with Crippen molar-refractivity contribution in [2.45, 2.75) is 60.0 Å². The highest BCUT2D eigenvalue weighted by molar-refractivity contribution is 5.54. The van der Waals surface area contributed by atoms with Crippen LogP contribution in [0.15, 0.2) is 24.3 Å². The molecule has 0 amide bonds. The molecular weight excluding hydrogens is 300 g/mol. The molecule has 0 spiro atoms. The van der Waals surface area contributed by atoms with E-state index in [0.29, 0.717) is 30.9 Å². The number of nitrogen functional groups attached to an aromatic ring is 1. The fourth-order valence-electron chi connectivity index (χ4n) is 2.94. The molecule has 0 saturated heterocycles. The van der Waals surface area contributed by atoms with E-state index < -0.39 is 6.10 Å². The van der Waals surface area contributed by atoms with Gasteiger partial charge in [-0.1, -0.05) is 47.1 Å². The third kappa shape index (κ3) is 7.54. The Balaban J connectivity index is 2.36. The van der Waals surface area contributed by atoms with Crippen molar-refractivity contribution in [3.63, 3.8) is 0 Å². The summed E-state index contributed by atoms with van der Waals surface area (Å²) in [4.78, 5) is 0. The number of nitrogens with one attached hydrogen (secondary N) is 1. The highest BCUT2D eigenvalue weighted by Crippen LogP contribution is 2.38. The molecule has 0 saturated carbocycles. The summed E-state index contributed by atoms with van der Waals surface area (Å²) in [6.45, 7) is 12.8. The first-order valence-corrected chi connectivity index (χ1v) is 9.05. The van der Waals surface area contributed by atoms with Gasteiger partial charge in [0.15, 0.2) is 0 Å². The van der Waals surface area contributed by atoms with Gasteiger partial charge in [0.2, 0.25) is 0 Å². The van der Waals surface area contributed by atoms with Crippen molar-refractivity contribution in [3.05, 3.63) is 24.3 Å². The molecule has 0 radical (unpaired) electrons. The van der Waals surface area contributed by atoms with Gasteiger partial charge in [-0.25, -0.2) is 0 Å². The predicted octanol–water partition coefficient (Wildman–Crippen LogP) is 4.30. The van der Waals surface area contributed by atoms with Gasteiger partial charge in [0, 0.05) is 17.9 Å². The summed E-state index contributed by atoms with van der Waals surface area (Å²) in [6.07, 6.45) is 2.83. The first-order valence-electron chi connectivity index (χ1n) is 9.05. The van der Waals surface area contributed by atoms with Crippen molar-refractivity contribution < 1.29 is 9.84 Å². The minimum absolute atomic E-state index is 0.153. The number of hydrogen-bond acceptors (Lipinski definition) is 4. The molecule has 0 bridgehead atoms. The third-order valence-electron chi connectivity index (χ3n) is 4.91. The number of nitrogens with two attached hydrogens (primary N) is 1. The Kier molecular flexibility index (Phi) is 8.04. The van der Waals surface area contributed by atoms with Crippen LogP contribution in [0.25, 0.3) is 0 Å². The van der Waals surface area contributed by atoms with Gasteiger partial charge >= 0.3 is 0 Å². The maximum atomic E-state index is 10.1. The molecule has 4 N–H and O–H groups in total. The van der Waals surface area contributed by atoms with Crippen LogP contribution in [-0.2, 0) is 4.74 Å². The Morgan fingerprint density at radius 3 is 2.50 bits per heavy atom. The average Bonchev–Trinajstić information content (AvgIpc) is 2.52. The molecule has 4 heteroatoms. The molecule has 1 rings (SSSR count). The number of ether oxygens (including phenoxy) is 1. The standard InChI is InChI=1S/C20H36N2O2/c1-6-19(3,4)14-20(5,7-2)15-24-13-18(23)12-22-17-10-8-9-16(21)11-17/h8-11,18,22-23H,6-7,12-15,21H2,1-5H3. The van der Waals surface area contributed by atoms with Gasteiger partial charge in [0.05, 0.1) is 19.3 Å². The van der Waals surface area contributed by atoms with Crippen molar-refractivity contribution in [1.82, 2.24) is 0 Å². The zero-order chi connectivity index (χ0) is 18.2. The smallest absolute Gasteiger partial charge is 0.0945 e. The van der Waals surface area contributed by atoms with Gasteiger partial charge in [-0.05, 0) is 41.9 Å². The normalized spacial score (nSPS) is 15.8. The van der Waals surface area contributed by atoms with E-state index in [1.807, 2.05) is 24.3 Å². The first-order chi connectivity index (χ1) is 11.2. The fourth-order valence-corrected chi connectivity index (χ4v) is 2.94. The van der Waals surface area contributed by atoms with Crippen molar-refractivity contribution in [2.75, 3.05) is 30.8 Å². The first kappa shape index (κ1) is 20.8. The van der Waals surface area contributed by atoms with Crippen LogP contribution in [0.3, 0.4) is 0 Å². The molecule has 2 atom stereocenters. The maximum Gasteiger partial charge on any atom is 0.0945 e. The average molecular weight is 337 g/mol. The van der Waals surface area contributed by atoms with E-state index >= 15 is 0 Å². The van der Waals surface area contributed by atoms with Gasteiger partial charge in [0.1, 0.15) is 0 Å². The van der Waals surface area contributed by atoms with Crippen LogP contribution in [0.1, 0.15) is 53.9 Å². The fraction of sp³-hybridized carbons (Fsp3) is 0.700. The minimum atomic E-state index is -0.535. The molecule has 0 heterocycles. The summed E-state index contributed by atoms with van der Waals surface area (Å²) < 4.78 is 5.84.